The van der Waals surface area contributed by atoms with Crippen LogP contribution < -0.4 is 10.9 Å². The number of amides is 1. The molecule has 0 unspecified atom stereocenters. The van der Waals surface area contributed by atoms with Crippen molar-refractivity contribution in [3.05, 3.63) is 20.8 Å². The Kier molecular flexibility index (Phi) is 7.70. The number of fused-ring (bicyclic) bond motifs is 1. The van der Waals surface area contributed by atoms with Crippen molar-refractivity contribution in [3.8, 4) is 0 Å². The maximum absolute atomic E-state index is 13.0. The van der Waals surface area contributed by atoms with Gasteiger partial charge in [-0.05, 0) is 38.7 Å². The fourth-order valence-corrected chi connectivity index (χ4v) is 4.73. The van der Waals surface area contributed by atoms with Crippen molar-refractivity contribution in [2.45, 2.75) is 78.0 Å². The molecule has 144 valence electrons. The molecule has 2 aromatic heterocycles. The molecule has 2 aromatic rings. The van der Waals surface area contributed by atoms with E-state index in [1.54, 1.807) is 15.9 Å². The summed E-state index contributed by atoms with van der Waals surface area (Å²) < 4.78 is 1.75. The van der Waals surface area contributed by atoms with Gasteiger partial charge in [0, 0.05) is 17.5 Å². The van der Waals surface area contributed by atoms with E-state index in [0.29, 0.717) is 11.7 Å². The van der Waals surface area contributed by atoms with E-state index < -0.39 is 0 Å². The lowest BCUT2D eigenvalue weighted by Crippen LogP contribution is -2.35. The van der Waals surface area contributed by atoms with E-state index in [1.807, 2.05) is 13.8 Å². The predicted molar refractivity (Wildman–Crippen MR) is 111 cm³/mol. The van der Waals surface area contributed by atoms with Crippen molar-refractivity contribution in [3.63, 3.8) is 0 Å². The smallest absolute Gasteiger partial charge is 0.263 e. The molecule has 2 rings (SSSR count). The summed E-state index contributed by atoms with van der Waals surface area (Å²) in [5.74, 6) is 0.280. The lowest BCUT2D eigenvalue weighted by atomic mass is 10.2. The minimum Gasteiger partial charge on any atom is -0.353 e. The van der Waals surface area contributed by atoms with Crippen LogP contribution in [-0.2, 0) is 11.3 Å². The third-order valence-corrected chi connectivity index (χ3v) is 6.75. The molecule has 0 aliphatic rings. The number of unbranched alkanes of at least 4 members (excludes halogenated alkanes) is 1. The van der Waals surface area contributed by atoms with E-state index in [0.717, 1.165) is 46.3 Å². The summed E-state index contributed by atoms with van der Waals surface area (Å²) in [6.45, 7) is 10.9. The van der Waals surface area contributed by atoms with Crippen LogP contribution in [0, 0.1) is 13.8 Å². The molecule has 0 aromatic carbocycles. The fraction of sp³-hybridized carbons (Fsp3) is 0.632. The van der Waals surface area contributed by atoms with Crippen LogP contribution in [0.25, 0.3) is 10.2 Å². The van der Waals surface area contributed by atoms with Crippen LogP contribution in [0.15, 0.2) is 9.95 Å². The standard InChI is InChI=1S/C19H29N3O2S2/c1-6-9-10-22-18(24)16-12(4)13(5)26-17(16)21-19(22)25-11-15(23)20-14(7-2)8-3/h14H,6-11H2,1-5H3,(H,20,23). The van der Waals surface area contributed by atoms with Crippen LogP contribution in [0.4, 0.5) is 0 Å². The van der Waals surface area contributed by atoms with Gasteiger partial charge < -0.3 is 5.32 Å². The van der Waals surface area contributed by atoms with E-state index in [9.17, 15) is 9.59 Å². The summed E-state index contributed by atoms with van der Waals surface area (Å²) in [6, 6.07) is 0.211. The Morgan fingerprint density at radius 3 is 2.58 bits per heavy atom. The molecule has 0 spiro atoms. The van der Waals surface area contributed by atoms with Crippen LogP contribution >= 0.6 is 23.1 Å². The molecule has 0 atom stereocenters. The second-order valence-corrected chi connectivity index (χ2v) is 8.68. The number of thiophene rings is 1. The zero-order chi connectivity index (χ0) is 19.3. The van der Waals surface area contributed by atoms with E-state index >= 15 is 0 Å². The highest BCUT2D eigenvalue weighted by atomic mass is 32.2. The molecule has 5 nitrogen and oxygen atoms in total. The average molecular weight is 396 g/mol. The highest BCUT2D eigenvalue weighted by molar-refractivity contribution is 7.99. The monoisotopic (exact) mass is 395 g/mol. The van der Waals surface area contributed by atoms with Crippen LogP contribution in [0.1, 0.15) is 56.9 Å². The molecular formula is C19H29N3O2S2. The summed E-state index contributed by atoms with van der Waals surface area (Å²) >= 11 is 2.91. The third-order valence-electron chi connectivity index (χ3n) is 4.67. The number of nitrogens with zero attached hydrogens (tertiary/aromatic N) is 2. The Bertz CT molecular complexity index is 822. The van der Waals surface area contributed by atoms with Gasteiger partial charge in [0.1, 0.15) is 4.83 Å². The average Bonchev–Trinajstić information content (AvgIpc) is 2.91. The number of thioether (sulfide) groups is 1. The van der Waals surface area contributed by atoms with E-state index in [4.69, 9.17) is 4.98 Å². The number of carbonyl (C=O) groups excluding carboxylic acids is 1. The van der Waals surface area contributed by atoms with E-state index in [1.165, 1.54) is 11.8 Å². The molecular weight excluding hydrogens is 366 g/mol. The summed E-state index contributed by atoms with van der Waals surface area (Å²) in [6.07, 6.45) is 3.77. The number of hydrogen-bond acceptors (Lipinski definition) is 5. The Hall–Kier alpha value is -1.34. The zero-order valence-electron chi connectivity index (χ0n) is 16.3. The summed E-state index contributed by atoms with van der Waals surface area (Å²) in [5, 5.41) is 4.42. The third kappa shape index (κ3) is 4.68. The van der Waals surface area contributed by atoms with Gasteiger partial charge in [0.2, 0.25) is 5.91 Å². The van der Waals surface area contributed by atoms with Crippen LogP contribution in [0.2, 0.25) is 0 Å². The molecule has 0 aliphatic heterocycles. The van der Waals surface area contributed by atoms with Gasteiger partial charge in [-0.15, -0.1) is 11.3 Å². The molecule has 1 N–H and O–H groups in total. The number of aryl methyl sites for hydroxylation is 2. The lowest BCUT2D eigenvalue weighted by Gasteiger charge is -2.15. The van der Waals surface area contributed by atoms with Gasteiger partial charge in [0.25, 0.3) is 5.56 Å². The molecule has 0 bridgehead atoms. The highest BCUT2D eigenvalue weighted by Gasteiger charge is 2.18. The molecule has 0 aliphatic carbocycles. The second-order valence-electron chi connectivity index (χ2n) is 6.54. The minimum atomic E-state index is -0.00127. The number of aromatic nitrogens is 2. The first-order valence-corrected chi connectivity index (χ1v) is 11.2. The Labute approximate surface area is 163 Å². The number of nitrogens with one attached hydrogen (secondary N) is 1. The molecule has 0 saturated carbocycles. The van der Waals surface area contributed by atoms with Crippen molar-refractivity contribution < 1.29 is 4.79 Å². The molecule has 26 heavy (non-hydrogen) atoms. The van der Waals surface area contributed by atoms with Gasteiger partial charge in [-0.25, -0.2) is 4.98 Å². The molecule has 7 heteroatoms. The van der Waals surface area contributed by atoms with Crippen molar-refractivity contribution in [1.29, 1.82) is 0 Å². The predicted octanol–water partition coefficient (Wildman–Crippen LogP) is 4.27. The first-order chi connectivity index (χ1) is 12.4. The van der Waals surface area contributed by atoms with Gasteiger partial charge in [-0.3, -0.25) is 14.2 Å². The number of hydrogen-bond donors (Lipinski definition) is 1. The quantitative estimate of drug-likeness (QED) is 0.509. The van der Waals surface area contributed by atoms with Gasteiger partial charge >= 0.3 is 0 Å². The van der Waals surface area contributed by atoms with E-state index in [-0.39, 0.29) is 23.3 Å². The van der Waals surface area contributed by atoms with Crippen molar-refractivity contribution in [1.82, 2.24) is 14.9 Å². The Morgan fingerprint density at radius 2 is 1.96 bits per heavy atom. The first kappa shape index (κ1) is 21.0. The topological polar surface area (TPSA) is 64.0 Å². The maximum atomic E-state index is 13.0. The van der Waals surface area contributed by atoms with Gasteiger partial charge in [0.15, 0.2) is 5.16 Å². The number of rotatable bonds is 9. The molecule has 0 fully saturated rings. The molecule has 2 heterocycles. The Balaban J connectivity index is 2.30. The molecule has 1 amide bonds. The zero-order valence-corrected chi connectivity index (χ0v) is 18.0. The SMILES string of the molecule is CCCCn1c(SCC(=O)NC(CC)CC)nc2sc(C)c(C)c2c1=O. The Morgan fingerprint density at radius 1 is 1.27 bits per heavy atom. The van der Waals surface area contributed by atoms with Gasteiger partial charge in [-0.2, -0.15) is 0 Å². The minimum absolute atomic E-state index is 0.00127. The van der Waals surface area contributed by atoms with Gasteiger partial charge in [0.05, 0.1) is 11.1 Å². The summed E-state index contributed by atoms with van der Waals surface area (Å²) in [7, 11) is 0. The van der Waals surface area contributed by atoms with Gasteiger partial charge in [-0.1, -0.05) is 39.0 Å². The van der Waals surface area contributed by atoms with Crippen molar-refractivity contribution in [2.24, 2.45) is 0 Å². The van der Waals surface area contributed by atoms with Crippen molar-refractivity contribution in [2.75, 3.05) is 5.75 Å². The summed E-state index contributed by atoms with van der Waals surface area (Å²) in [4.78, 5) is 31.9. The molecule has 0 radical (unpaired) electrons. The first-order valence-electron chi connectivity index (χ1n) is 9.35. The van der Waals surface area contributed by atoms with Crippen molar-refractivity contribution >= 4 is 39.2 Å². The fourth-order valence-electron chi connectivity index (χ4n) is 2.82. The maximum Gasteiger partial charge on any atom is 0.263 e. The van der Waals surface area contributed by atoms with E-state index in [2.05, 4.69) is 26.1 Å². The highest BCUT2D eigenvalue weighted by Crippen LogP contribution is 2.28. The van der Waals surface area contributed by atoms with Crippen LogP contribution in [-0.4, -0.2) is 27.3 Å². The van der Waals surface area contributed by atoms with Crippen LogP contribution in [0.3, 0.4) is 0 Å². The van der Waals surface area contributed by atoms with Crippen LogP contribution in [0.5, 0.6) is 0 Å². The lowest BCUT2D eigenvalue weighted by molar-refractivity contribution is -0.119. The number of carbonyl (C=O) groups is 1. The molecule has 0 saturated heterocycles. The second kappa shape index (κ2) is 9.55. The largest absolute Gasteiger partial charge is 0.353 e. The summed E-state index contributed by atoms with van der Waals surface area (Å²) in [5.41, 5.74) is 1.05. The normalized spacial score (nSPS) is 11.5.